The molecule has 2 amide bonds. The zero-order chi connectivity index (χ0) is 49.0. The molecule has 0 saturated carbocycles. The molecule has 0 bridgehead atoms. The number of nitrogens with zero attached hydrogens (tertiary/aromatic N) is 3. The third kappa shape index (κ3) is 10.5. The first kappa shape index (κ1) is 48.7. The summed E-state index contributed by atoms with van der Waals surface area (Å²) in [4.78, 5) is 69.3. The molecule has 1 aromatic heterocycles. The Labute approximate surface area is 415 Å². The highest BCUT2D eigenvalue weighted by molar-refractivity contribution is 9.09. The average Bonchev–Trinajstić information content (AvgIpc) is 3.73. The Morgan fingerprint density at radius 3 is 1.88 bits per heavy atom. The van der Waals surface area contributed by atoms with Gasteiger partial charge < -0.3 is 25.4 Å². The molecule has 5 aromatic carbocycles. The Bertz CT molecular complexity index is 2880. The van der Waals surface area contributed by atoms with Crippen molar-refractivity contribution in [3.63, 3.8) is 0 Å². The van der Waals surface area contributed by atoms with Crippen LogP contribution < -0.4 is 11.1 Å². The fourth-order valence-electron chi connectivity index (χ4n) is 8.17. The minimum atomic E-state index is -1.78. The summed E-state index contributed by atoms with van der Waals surface area (Å²) in [6.45, 7) is 8.03. The first-order valence-corrected chi connectivity index (χ1v) is 25.4. The zero-order valence-corrected chi connectivity index (χ0v) is 41.7. The summed E-state index contributed by atoms with van der Waals surface area (Å²) in [5.41, 5.74) is 8.82. The van der Waals surface area contributed by atoms with Gasteiger partial charge in [0.05, 0.1) is 21.4 Å². The van der Waals surface area contributed by atoms with E-state index in [1.54, 1.807) is 20.8 Å². The smallest absolute Gasteiger partial charge is 0.356 e. The van der Waals surface area contributed by atoms with E-state index in [9.17, 15) is 23.4 Å². The Hall–Kier alpha value is -6.75. The van der Waals surface area contributed by atoms with Crippen molar-refractivity contribution in [2.24, 2.45) is 5.16 Å². The molecule has 3 heterocycles. The van der Waals surface area contributed by atoms with Crippen molar-refractivity contribution in [2.75, 3.05) is 16.8 Å². The van der Waals surface area contributed by atoms with Gasteiger partial charge >= 0.3 is 11.9 Å². The molecule has 16 heteroatoms. The zero-order valence-electron chi connectivity index (χ0n) is 38.5. The third-order valence-electron chi connectivity index (χ3n) is 11.4. The second-order valence-corrected chi connectivity index (χ2v) is 21.0. The maximum absolute atomic E-state index is 14.9. The van der Waals surface area contributed by atoms with E-state index in [2.05, 4.69) is 31.4 Å². The number of ether oxygens (including phenoxy) is 2. The molecule has 0 unspecified atom stereocenters. The number of anilines is 1. The number of esters is 2. The van der Waals surface area contributed by atoms with Crippen molar-refractivity contribution in [3.8, 4) is 10.4 Å². The quantitative estimate of drug-likeness (QED) is 0.0252. The van der Waals surface area contributed by atoms with Crippen molar-refractivity contribution in [3.05, 3.63) is 190 Å². The van der Waals surface area contributed by atoms with E-state index in [4.69, 9.17) is 20.0 Å². The van der Waals surface area contributed by atoms with Crippen LogP contribution in [-0.4, -0.2) is 77.3 Å². The van der Waals surface area contributed by atoms with Gasteiger partial charge in [0.15, 0.2) is 16.9 Å². The summed E-state index contributed by atoms with van der Waals surface area (Å²) in [5.74, 6) is -3.55. The summed E-state index contributed by atoms with van der Waals surface area (Å²) in [6.07, 6.45) is -0.828. The Morgan fingerprint density at radius 1 is 0.826 bits per heavy atom. The van der Waals surface area contributed by atoms with Crippen molar-refractivity contribution < 1.29 is 37.7 Å². The molecule has 13 nitrogen and oxygen atoms in total. The lowest BCUT2D eigenvalue weighted by Gasteiger charge is -2.49. The van der Waals surface area contributed by atoms with Gasteiger partial charge in [0.1, 0.15) is 28.4 Å². The van der Waals surface area contributed by atoms with Crippen molar-refractivity contribution in [2.45, 2.75) is 69.3 Å². The Kier molecular flexibility index (Phi) is 14.4. The van der Waals surface area contributed by atoms with Crippen LogP contribution in [0.25, 0.3) is 10.4 Å². The predicted octanol–water partition coefficient (Wildman–Crippen LogP) is 8.81. The number of fused-ring (bicyclic) bond motifs is 1. The lowest BCUT2D eigenvalue weighted by atomic mass is 9.82. The molecule has 69 heavy (non-hydrogen) atoms. The average molecular weight is 1030 g/mol. The third-order valence-corrected chi connectivity index (χ3v) is 14.6. The molecule has 1 saturated heterocycles. The van der Waals surface area contributed by atoms with Gasteiger partial charge in [-0.15, -0.1) is 0 Å². The van der Waals surface area contributed by atoms with E-state index in [0.29, 0.717) is 27.1 Å². The SMILES string of the molecule is CC(C)(C)OC(=O)C(C)(C)ON=C(C(=O)N[C@@H]1C(=O)N2C(C(=O)OC(c3ccccc3)c3ccccc3)=C(CBr)C[S@](=O)[C@H]12)c1nc(N)sc1-c1ccccc1C(c1ccccc1)c1ccccc1. The van der Waals surface area contributed by atoms with Crippen LogP contribution in [0.2, 0.25) is 0 Å². The number of carbonyl (C=O) groups is 4. The maximum atomic E-state index is 14.9. The number of rotatable bonds is 15. The van der Waals surface area contributed by atoms with Gasteiger partial charge in [0.2, 0.25) is 5.60 Å². The van der Waals surface area contributed by atoms with Crippen LogP contribution in [0.4, 0.5) is 5.13 Å². The number of β-lactam (4-membered cyclic amide) rings is 1. The Balaban J connectivity index is 1.16. The van der Waals surface area contributed by atoms with Gasteiger partial charge in [0.25, 0.3) is 11.8 Å². The lowest BCUT2D eigenvalue weighted by Crippen LogP contribution is -2.74. The van der Waals surface area contributed by atoms with E-state index in [-0.39, 0.29) is 33.5 Å². The Morgan fingerprint density at radius 2 is 1.35 bits per heavy atom. The van der Waals surface area contributed by atoms with Crippen LogP contribution in [0.5, 0.6) is 0 Å². The molecule has 354 valence electrons. The largest absolute Gasteiger partial charge is 0.457 e. The summed E-state index contributed by atoms with van der Waals surface area (Å²) in [6, 6.07) is 44.7. The molecule has 3 atom stereocenters. The van der Waals surface area contributed by atoms with E-state index >= 15 is 0 Å². The van der Waals surface area contributed by atoms with Crippen LogP contribution in [0.1, 0.15) is 80.2 Å². The van der Waals surface area contributed by atoms with Gasteiger partial charge in [-0.1, -0.05) is 178 Å². The van der Waals surface area contributed by atoms with Crippen LogP contribution in [0.15, 0.2) is 162 Å². The van der Waals surface area contributed by atoms with E-state index in [1.807, 2.05) is 146 Å². The van der Waals surface area contributed by atoms with Crippen molar-refractivity contribution >= 4 is 72.7 Å². The van der Waals surface area contributed by atoms with Gasteiger partial charge in [-0.25, -0.2) is 14.6 Å². The molecular formula is C53H50BrN5O8S2. The van der Waals surface area contributed by atoms with Crippen LogP contribution in [-0.2, 0) is 44.3 Å². The van der Waals surface area contributed by atoms with Crippen molar-refractivity contribution in [1.82, 2.24) is 15.2 Å². The number of halogens is 1. The number of nitrogens with one attached hydrogen (secondary N) is 1. The number of nitrogens with two attached hydrogens (primary N) is 1. The molecular weight excluding hydrogens is 979 g/mol. The first-order valence-electron chi connectivity index (χ1n) is 22.1. The van der Waals surface area contributed by atoms with E-state index in [0.717, 1.165) is 32.9 Å². The summed E-state index contributed by atoms with van der Waals surface area (Å²) >= 11 is 4.56. The second kappa shape index (κ2) is 20.5. The lowest BCUT2D eigenvalue weighted by molar-refractivity contribution is -0.179. The molecule has 0 spiro atoms. The highest BCUT2D eigenvalue weighted by Gasteiger charge is 2.58. The van der Waals surface area contributed by atoms with Gasteiger partial charge in [-0.2, -0.15) is 0 Å². The number of carbonyl (C=O) groups excluding carboxylic acids is 4. The number of oxime groups is 1. The molecule has 1 fully saturated rings. The van der Waals surface area contributed by atoms with Gasteiger partial charge in [-0.05, 0) is 73.6 Å². The van der Waals surface area contributed by atoms with Crippen LogP contribution >= 0.6 is 27.3 Å². The number of benzene rings is 5. The monoisotopic (exact) mass is 1030 g/mol. The molecule has 2 aliphatic heterocycles. The number of nitrogen functional groups attached to an aromatic ring is 1. The minimum absolute atomic E-state index is 0.00862. The molecule has 3 N–H and O–H groups in total. The highest BCUT2D eigenvalue weighted by atomic mass is 79.9. The van der Waals surface area contributed by atoms with Gasteiger partial charge in [-0.3, -0.25) is 18.7 Å². The normalized spacial score (nSPS) is 17.3. The minimum Gasteiger partial charge on any atom is -0.457 e. The second-order valence-electron chi connectivity index (χ2n) is 17.9. The molecule has 0 radical (unpaired) electrons. The van der Waals surface area contributed by atoms with Gasteiger partial charge in [0, 0.05) is 11.2 Å². The number of hydrogen-bond acceptors (Lipinski definition) is 12. The maximum Gasteiger partial charge on any atom is 0.356 e. The molecule has 2 aliphatic rings. The first-order chi connectivity index (χ1) is 33.1. The topological polar surface area (TPSA) is 180 Å². The fourth-order valence-corrected chi connectivity index (χ4v) is 11.5. The number of aromatic nitrogens is 1. The van der Waals surface area contributed by atoms with Crippen molar-refractivity contribution in [1.29, 1.82) is 0 Å². The standard InChI is InChI=1S/C53H50BrN5O8S2/c1-52(2,3)66-50(63)53(4,5)67-58-41(40-45(68-51(55)57-40)38-29-19-18-28-37(38)39(32-20-10-6-11-21-32)33-22-12-7-13-23-33)46(60)56-42-47(61)59-43(36(30-54)31-69(64)48(42)59)49(62)65-44(34-24-14-8-15-25-34)35-26-16-9-17-27-35/h6-29,39,42,44,48H,30-31H2,1-5H3,(H2,55,57)(H,56,60)/t42-,48-,69+/m1/s1. The molecule has 6 aromatic rings. The number of thiazole rings is 1. The highest BCUT2D eigenvalue weighted by Crippen LogP contribution is 2.43. The summed E-state index contributed by atoms with van der Waals surface area (Å²) < 4.78 is 25.9. The fraction of sp³-hybridized carbons (Fsp3) is 0.245. The molecule has 0 aliphatic carbocycles. The summed E-state index contributed by atoms with van der Waals surface area (Å²) in [5, 5.41) is 6.14. The number of alkyl halides is 1. The van der Waals surface area contributed by atoms with Crippen LogP contribution in [0.3, 0.4) is 0 Å². The van der Waals surface area contributed by atoms with E-state index in [1.165, 1.54) is 13.8 Å². The predicted molar refractivity (Wildman–Crippen MR) is 271 cm³/mol. The molecule has 8 rings (SSSR count). The number of hydrogen-bond donors (Lipinski definition) is 2. The van der Waals surface area contributed by atoms with E-state index < -0.39 is 69.0 Å². The van der Waals surface area contributed by atoms with Crippen LogP contribution in [0, 0.1) is 0 Å². The number of amides is 2. The summed E-state index contributed by atoms with van der Waals surface area (Å²) in [7, 11) is -1.78.